The Morgan fingerprint density at radius 2 is 1.78 bits per heavy atom. The monoisotopic (exact) mass is 382 g/mol. The lowest BCUT2D eigenvalue weighted by Crippen LogP contribution is -2.50. The maximum atomic E-state index is 13.4. The van der Waals surface area contributed by atoms with Crippen molar-refractivity contribution in [1.82, 2.24) is 9.88 Å². The highest BCUT2D eigenvalue weighted by molar-refractivity contribution is 7.18. The largest absolute Gasteiger partial charge is 0.480 e. The first-order valence-corrected chi connectivity index (χ1v) is 9.54. The summed E-state index contributed by atoms with van der Waals surface area (Å²) in [4.78, 5) is 30.7. The molecule has 3 aromatic rings. The molecule has 1 aromatic heterocycles. The van der Waals surface area contributed by atoms with E-state index >= 15 is 0 Å². The number of hydrogen-bond acceptors (Lipinski definition) is 4. The number of carbonyl (C=O) groups is 2. The molecule has 140 valence electrons. The van der Waals surface area contributed by atoms with Crippen LogP contribution in [0.15, 0.2) is 54.6 Å². The van der Waals surface area contributed by atoms with Crippen molar-refractivity contribution in [2.45, 2.75) is 31.7 Å². The molecule has 6 heteroatoms. The lowest BCUT2D eigenvalue weighted by molar-refractivity contribution is -0.150. The molecule has 0 saturated heterocycles. The number of carboxylic acid groups (broad SMARTS) is 1. The van der Waals surface area contributed by atoms with Gasteiger partial charge in [0, 0.05) is 13.5 Å². The van der Waals surface area contributed by atoms with Crippen molar-refractivity contribution >= 4 is 33.4 Å². The standard InChI is InChI=1S/C21H22N2O3S/c1-14(19(24)25)23(3)20(26)21(2,15-9-5-4-6-10-15)13-18-22-16-11-7-8-12-17(16)27-18/h4-12,14H,13H2,1-3H3,(H,24,25). The van der Waals surface area contributed by atoms with Gasteiger partial charge in [-0.05, 0) is 31.5 Å². The summed E-state index contributed by atoms with van der Waals surface area (Å²) in [6.45, 7) is 3.38. The van der Waals surface area contributed by atoms with Gasteiger partial charge in [-0.25, -0.2) is 9.78 Å². The predicted octanol–water partition coefficient (Wildman–Crippen LogP) is 3.73. The predicted molar refractivity (Wildman–Crippen MR) is 107 cm³/mol. The number of carbonyl (C=O) groups excluding carboxylic acids is 1. The molecule has 0 fully saturated rings. The number of carboxylic acids is 1. The van der Waals surface area contributed by atoms with E-state index in [-0.39, 0.29) is 5.91 Å². The molecule has 0 spiro atoms. The SMILES string of the molecule is CC(C(=O)O)N(C)C(=O)C(C)(Cc1nc2ccccc2s1)c1ccccc1. The third-order valence-corrected chi connectivity index (χ3v) is 6.02. The molecule has 0 bridgehead atoms. The summed E-state index contributed by atoms with van der Waals surface area (Å²) in [6.07, 6.45) is 0.409. The quantitative estimate of drug-likeness (QED) is 0.705. The van der Waals surface area contributed by atoms with Gasteiger partial charge in [0.25, 0.3) is 0 Å². The Morgan fingerprint density at radius 3 is 2.41 bits per heavy atom. The summed E-state index contributed by atoms with van der Waals surface area (Å²) in [5, 5.41) is 10.2. The van der Waals surface area contributed by atoms with E-state index in [1.54, 1.807) is 18.4 Å². The van der Waals surface area contributed by atoms with E-state index in [9.17, 15) is 14.7 Å². The minimum atomic E-state index is -1.03. The smallest absolute Gasteiger partial charge is 0.326 e. The Kier molecular flexibility index (Phi) is 5.28. The molecule has 0 aliphatic rings. The molecule has 0 saturated carbocycles. The van der Waals surface area contributed by atoms with Crippen molar-refractivity contribution in [3.63, 3.8) is 0 Å². The molecule has 2 aromatic carbocycles. The highest BCUT2D eigenvalue weighted by Gasteiger charge is 2.40. The van der Waals surface area contributed by atoms with E-state index < -0.39 is 17.4 Å². The normalized spacial score (nSPS) is 14.5. The fraction of sp³-hybridized carbons (Fsp3) is 0.286. The van der Waals surface area contributed by atoms with Crippen LogP contribution in [0, 0.1) is 0 Å². The number of nitrogens with zero attached hydrogens (tertiary/aromatic N) is 2. The summed E-state index contributed by atoms with van der Waals surface area (Å²) in [7, 11) is 1.54. The molecule has 0 radical (unpaired) electrons. The Morgan fingerprint density at radius 1 is 1.15 bits per heavy atom. The number of rotatable bonds is 6. The molecule has 1 N–H and O–H groups in total. The fourth-order valence-corrected chi connectivity index (χ4v) is 4.26. The van der Waals surface area contributed by atoms with Crippen LogP contribution in [-0.4, -0.2) is 40.0 Å². The third-order valence-electron chi connectivity index (χ3n) is 4.98. The molecule has 27 heavy (non-hydrogen) atoms. The molecule has 1 amide bonds. The van der Waals surface area contributed by atoms with Crippen molar-refractivity contribution in [3.8, 4) is 0 Å². The van der Waals surface area contributed by atoms with Crippen LogP contribution >= 0.6 is 11.3 Å². The molecular formula is C21H22N2O3S. The van der Waals surface area contributed by atoms with Gasteiger partial charge in [-0.3, -0.25) is 4.79 Å². The average molecular weight is 382 g/mol. The number of aliphatic carboxylic acids is 1. The Bertz CT molecular complexity index is 937. The summed E-state index contributed by atoms with van der Waals surface area (Å²) in [6, 6.07) is 16.5. The molecular weight excluding hydrogens is 360 g/mol. The first kappa shape index (κ1) is 19.0. The number of thiazole rings is 1. The van der Waals surface area contributed by atoms with Gasteiger partial charge in [-0.1, -0.05) is 42.5 Å². The zero-order valence-electron chi connectivity index (χ0n) is 15.5. The lowest BCUT2D eigenvalue weighted by atomic mass is 9.78. The number of benzene rings is 2. The van der Waals surface area contributed by atoms with Crippen molar-refractivity contribution in [3.05, 3.63) is 65.2 Å². The number of likely N-dealkylation sites (N-methyl/N-ethyl adjacent to an activating group) is 1. The van der Waals surface area contributed by atoms with Crippen LogP contribution < -0.4 is 0 Å². The van der Waals surface area contributed by atoms with Crippen molar-refractivity contribution in [2.75, 3.05) is 7.05 Å². The first-order valence-electron chi connectivity index (χ1n) is 8.73. The molecule has 0 aliphatic heterocycles. The van der Waals surface area contributed by atoms with Gasteiger partial charge in [0.15, 0.2) is 0 Å². The lowest BCUT2D eigenvalue weighted by Gasteiger charge is -2.34. The Hall–Kier alpha value is -2.73. The summed E-state index contributed by atoms with van der Waals surface area (Å²) in [5.74, 6) is -1.26. The number of hydrogen-bond donors (Lipinski definition) is 1. The van der Waals surface area contributed by atoms with E-state index in [4.69, 9.17) is 0 Å². The van der Waals surface area contributed by atoms with Gasteiger partial charge in [0.2, 0.25) is 5.91 Å². The van der Waals surface area contributed by atoms with Crippen molar-refractivity contribution in [2.24, 2.45) is 0 Å². The molecule has 1 heterocycles. The van der Waals surface area contributed by atoms with Crippen LogP contribution in [-0.2, 0) is 21.4 Å². The van der Waals surface area contributed by atoms with Crippen molar-refractivity contribution in [1.29, 1.82) is 0 Å². The number of aromatic nitrogens is 1. The average Bonchev–Trinajstić information content (AvgIpc) is 3.08. The van der Waals surface area contributed by atoms with Crippen LogP contribution in [0.4, 0.5) is 0 Å². The molecule has 5 nitrogen and oxygen atoms in total. The molecule has 2 atom stereocenters. The van der Waals surface area contributed by atoms with Gasteiger partial charge in [-0.15, -0.1) is 11.3 Å². The molecule has 0 aliphatic carbocycles. The van der Waals surface area contributed by atoms with E-state index in [0.717, 1.165) is 20.8 Å². The maximum Gasteiger partial charge on any atom is 0.326 e. The summed E-state index contributed by atoms with van der Waals surface area (Å²) >= 11 is 1.56. The van der Waals surface area contributed by atoms with Crippen LogP contribution in [0.3, 0.4) is 0 Å². The second-order valence-corrected chi connectivity index (χ2v) is 8.00. The molecule has 3 rings (SSSR count). The number of para-hydroxylation sites is 1. The van der Waals surface area contributed by atoms with Gasteiger partial charge < -0.3 is 10.0 Å². The van der Waals surface area contributed by atoms with E-state index in [2.05, 4.69) is 4.98 Å². The van der Waals surface area contributed by atoms with Crippen LogP contribution in [0.5, 0.6) is 0 Å². The minimum Gasteiger partial charge on any atom is -0.480 e. The van der Waals surface area contributed by atoms with Gasteiger partial charge in [-0.2, -0.15) is 0 Å². The second kappa shape index (κ2) is 7.48. The minimum absolute atomic E-state index is 0.233. The van der Waals surface area contributed by atoms with Gasteiger partial charge >= 0.3 is 5.97 Å². The highest BCUT2D eigenvalue weighted by atomic mass is 32.1. The van der Waals surface area contributed by atoms with Crippen molar-refractivity contribution < 1.29 is 14.7 Å². The first-order chi connectivity index (χ1) is 12.8. The summed E-state index contributed by atoms with van der Waals surface area (Å²) in [5.41, 5.74) is 0.847. The highest BCUT2D eigenvalue weighted by Crippen LogP contribution is 2.33. The maximum absolute atomic E-state index is 13.4. The Balaban J connectivity index is 2.02. The van der Waals surface area contributed by atoms with Crippen LogP contribution in [0.2, 0.25) is 0 Å². The number of fused-ring (bicyclic) bond motifs is 1. The van der Waals surface area contributed by atoms with E-state index in [1.165, 1.54) is 11.8 Å². The van der Waals surface area contributed by atoms with E-state index in [1.807, 2.05) is 61.5 Å². The van der Waals surface area contributed by atoms with Gasteiger partial charge in [0.05, 0.1) is 20.6 Å². The third kappa shape index (κ3) is 3.71. The van der Waals surface area contributed by atoms with Gasteiger partial charge in [0.1, 0.15) is 6.04 Å². The molecule has 2 unspecified atom stereocenters. The fourth-order valence-electron chi connectivity index (χ4n) is 3.14. The van der Waals surface area contributed by atoms with Crippen LogP contribution in [0.1, 0.15) is 24.4 Å². The van der Waals surface area contributed by atoms with Crippen LogP contribution in [0.25, 0.3) is 10.2 Å². The Labute approximate surface area is 162 Å². The summed E-state index contributed by atoms with van der Waals surface area (Å²) < 4.78 is 1.07. The topological polar surface area (TPSA) is 70.5 Å². The number of amides is 1. The zero-order valence-corrected chi connectivity index (χ0v) is 16.4. The second-order valence-electron chi connectivity index (χ2n) is 6.88. The zero-order chi connectivity index (χ0) is 19.6. The van der Waals surface area contributed by atoms with E-state index in [0.29, 0.717) is 6.42 Å².